The summed E-state index contributed by atoms with van der Waals surface area (Å²) >= 11 is 0. The number of carbonyl (C=O) groups is 1. The molecule has 1 saturated heterocycles. The van der Waals surface area contributed by atoms with Crippen molar-refractivity contribution < 1.29 is 58.1 Å². The molecule has 1 fully saturated rings. The van der Waals surface area contributed by atoms with Crippen molar-refractivity contribution in [2.24, 2.45) is 5.92 Å². The van der Waals surface area contributed by atoms with E-state index in [0.29, 0.717) is 12.8 Å². The Kier molecular flexibility index (Phi) is 13.4. The number of hydrogen-bond acceptors (Lipinski definition) is 3. The Labute approximate surface area is 201 Å². The largest absolute Gasteiger partial charge is 0.391 e. The molecule has 0 aromatic carbocycles. The molecule has 1 radical (unpaired) electrons. The number of rotatable bonds is 5. The first-order valence-electron chi connectivity index (χ1n) is 11.5. The molecule has 3 atom stereocenters. The van der Waals surface area contributed by atoms with E-state index in [1.807, 2.05) is 24.9 Å². The van der Waals surface area contributed by atoms with Crippen molar-refractivity contribution in [3.63, 3.8) is 0 Å². The molecular formula is C22H39AcNO2. The van der Waals surface area contributed by atoms with Crippen LogP contribution in [0.4, 0.5) is 0 Å². The van der Waals surface area contributed by atoms with Crippen molar-refractivity contribution in [3.05, 3.63) is 24.3 Å². The Hall–Kier alpha value is 0.512. The summed E-state index contributed by atoms with van der Waals surface area (Å²) < 4.78 is 21.4. The molecule has 1 N–H and O–H groups in total. The van der Waals surface area contributed by atoms with E-state index >= 15 is 0 Å². The molecule has 1 heterocycles. The summed E-state index contributed by atoms with van der Waals surface area (Å²) in [5, 5.41) is 10.9. The van der Waals surface area contributed by atoms with E-state index in [2.05, 4.69) is 0 Å². The summed E-state index contributed by atoms with van der Waals surface area (Å²) in [4.78, 5) is 14.9. The van der Waals surface area contributed by atoms with Crippen molar-refractivity contribution in [3.8, 4) is 0 Å². The number of hydrogen-bond donors (Lipinski definition) is 1. The SMILES string of the molecule is [2H]C([2H])([2H])/C=C/C=C/C[C@@H](C)C(O)[C@H]1C(=O)CCCCCCCCCCN1C.[Ac]. The van der Waals surface area contributed by atoms with Gasteiger partial charge in [0.15, 0.2) is 5.78 Å². The predicted molar refractivity (Wildman–Crippen MR) is 107 cm³/mol. The van der Waals surface area contributed by atoms with Crippen LogP contribution in [-0.4, -0.2) is 41.5 Å². The average molecular weight is 580 g/mol. The number of aliphatic hydroxyl groups is 1. The van der Waals surface area contributed by atoms with Gasteiger partial charge in [-0.15, -0.1) is 0 Å². The summed E-state index contributed by atoms with van der Waals surface area (Å²) in [6, 6.07) is -0.456. The fraction of sp³-hybridized carbons (Fsp3) is 0.773. The minimum atomic E-state index is -2.07. The second kappa shape index (κ2) is 16.5. The third kappa shape index (κ3) is 10.7. The minimum Gasteiger partial charge on any atom is -0.391 e. The molecule has 1 rings (SSSR count). The van der Waals surface area contributed by atoms with Crippen molar-refractivity contribution in [1.29, 1.82) is 0 Å². The van der Waals surface area contributed by atoms with Gasteiger partial charge < -0.3 is 5.11 Å². The van der Waals surface area contributed by atoms with Crippen molar-refractivity contribution in [1.82, 2.24) is 4.90 Å². The van der Waals surface area contributed by atoms with E-state index in [9.17, 15) is 9.90 Å². The smallest absolute Gasteiger partial charge is 0.152 e. The monoisotopic (exact) mass is 579 g/mol. The number of carbonyl (C=O) groups excluding carboxylic acids is 1. The molecule has 0 aromatic heterocycles. The van der Waals surface area contributed by atoms with Gasteiger partial charge in [0, 0.05) is 54.6 Å². The van der Waals surface area contributed by atoms with E-state index < -0.39 is 19.0 Å². The average Bonchev–Trinajstić information content (AvgIpc) is 2.62. The Bertz CT molecular complexity index is 509. The fourth-order valence-corrected chi connectivity index (χ4v) is 3.58. The molecule has 1 aliphatic rings. The molecule has 147 valence electrons. The van der Waals surface area contributed by atoms with Gasteiger partial charge in [-0.2, -0.15) is 0 Å². The molecular weight excluding hydrogens is 537 g/mol. The number of ketones is 1. The van der Waals surface area contributed by atoms with Crippen LogP contribution < -0.4 is 0 Å². The van der Waals surface area contributed by atoms with Crippen LogP contribution in [-0.2, 0) is 4.79 Å². The summed E-state index contributed by atoms with van der Waals surface area (Å²) in [5.41, 5.74) is 0. The van der Waals surface area contributed by atoms with E-state index in [0.717, 1.165) is 25.8 Å². The van der Waals surface area contributed by atoms with E-state index in [1.165, 1.54) is 44.3 Å². The van der Waals surface area contributed by atoms with Crippen LogP contribution in [0.25, 0.3) is 0 Å². The second-order valence-corrected chi connectivity index (χ2v) is 7.46. The zero-order chi connectivity index (χ0) is 21.0. The van der Waals surface area contributed by atoms with E-state index in [1.54, 1.807) is 6.08 Å². The van der Waals surface area contributed by atoms with Crippen molar-refractivity contribution in [2.75, 3.05) is 13.6 Å². The van der Waals surface area contributed by atoms with Crippen molar-refractivity contribution in [2.45, 2.75) is 90.1 Å². The van der Waals surface area contributed by atoms with Gasteiger partial charge in [-0.3, -0.25) is 9.69 Å². The first-order valence-corrected chi connectivity index (χ1v) is 9.98. The van der Waals surface area contributed by atoms with Gasteiger partial charge in [-0.25, -0.2) is 0 Å². The van der Waals surface area contributed by atoms with E-state index in [4.69, 9.17) is 4.11 Å². The first kappa shape index (κ1) is 21.2. The molecule has 0 bridgehead atoms. The Morgan fingerprint density at radius 2 is 1.77 bits per heavy atom. The van der Waals surface area contributed by atoms with Crippen LogP contribution >= 0.6 is 0 Å². The number of likely N-dealkylation sites (N-methyl/N-ethyl adjacent to an activating group) is 1. The third-order valence-corrected chi connectivity index (χ3v) is 5.25. The van der Waals surface area contributed by atoms with E-state index in [-0.39, 0.29) is 55.8 Å². The maximum Gasteiger partial charge on any atom is 0.152 e. The summed E-state index contributed by atoms with van der Waals surface area (Å²) in [5.74, 6) is 0.0665. The van der Waals surface area contributed by atoms with Crippen molar-refractivity contribution >= 4 is 5.78 Å². The first-order chi connectivity index (χ1) is 13.2. The standard InChI is InChI=1S/C22H39NO2.Ac/c1-4-5-6-13-16-19(2)22(25)21-20(24)17-14-11-9-7-8-10-12-15-18-23(21)3;/h4-6,13,19,21-22,25H,7-12,14-18H2,1-3H3;/b5-4+,13-6+;/t19-,21-,22?;/m1./s1/i1D3;. The normalized spacial score (nSPS) is 26.7. The Balaban J connectivity index is 0.00000784. The molecule has 0 saturated carbocycles. The Morgan fingerprint density at radius 3 is 2.42 bits per heavy atom. The minimum absolute atomic E-state index is 0. The quantitative estimate of drug-likeness (QED) is 0.472. The molecule has 0 aromatic rings. The Morgan fingerprint density at radius 1 is 1.15 bits per heavy atom. The number of nitrogens with zero attached hydrogens (tertiary/aromatic N) is 1. The van der Waals surface area contributed by atoms with Gasteiger partial charge in [-0.05, 0) is 45.6 Å². The third-order valence-electron chi connectivity index (χ3n) is 5.25. The second-order valence-electron chi connectivity index (χ2n) is 7.46. The van der Waals surface area contributed by atoms with Gasteiger partial charge in [-0.1, -0.05) is 69.8 Å². The number of Topliss-reactive ketones (excluding diaryl/α,β-unsaturated/α-hetero) is 1. The molecule has 0 aliphatic carbocycles. The molecule has 26 heavy (non-hydrogen) atoms. The van der Waals surface area contributed by atoms with Gasteiger partial charge in [0.05, 0.1) is 12.1 Å². The van der Waals surface area contributed by atoms with Crippen LogP contribution in [0.1, 0.15) is 82.1 Å². The van der Waals surface area contributed by atoms with Gasteiger partial charge in [0.2, 0.25) is 0 Å². The molecule has 1 aliphatic heterocycles. The summed E-state index contributed by atoms with van der Waals surface area (Å²) in [7, 11) is 1.95. The molecule has 3 nitrogen and oxygen atoms in total. The predicted octanol–water partition coefficient (Wildman–Crippen LogP) is 4.90. The topological polar surface area (TPSA) is 40.5 Å². The van der Waals surface area contributed by atoms with Crippen LogP contribution in [0.2, 0.25) is 0 Å². The van der Waals surface area contributed by atoms with Gasteiger partial charge in [0.1, 0.15) is 0 Å². The molecule has 0 spiro atoms. The van der Waals surface area contributed by atoms with Crippen LogP contribution in [0.3, 0.4) is 0 Å². The number of allylic oxidation sites excluding steroid dienone is 4. The van der Waals surface area contributed by atoms with Gasteiger partial charge >= 0.3 is 0 Å². The zero-order valence-electron chi connectivity index (χ0n) is 19.7. The molecule has 1 unspecified atom stereocenters. The zero-order valence-corrected chi connectivity index (χ0v) is 21.4. The van der Waals surface area contributed by atoms with Crippen LogP contribution in [0, 0.1) is 50.0 Å². The van der Waals surface area contributed by atoms with Crippen LogP contribution in [0.5, 0.6) is 0 Å². The van der Waals surface area contributed by atoms with Crippen LogP contribution in [0.15, 0.2) is 24.3 Å². The summed E-state index contributed by atoms with van der Waals surface area (Å²) in [6.45, 7) is 0.708. The molecule has 4 heteroatoms. The summed E-state index contributed by atoms with van der Waals surface area (Å²) in [6.07, 6.45) is 15.9. The van der Waals surface area contributed by atoms with Gasteiger partial charge in [0.25, 0.3) is 0 Å². The number of aliphatic hydroxyl groups excluding tert-OH is 1. The molecule has 0 amide bonds. The maximum absolute atomic E-state index is 12.9. The fourth-order valence-electron chi connectivity index (χ4n) is 3.58. The maximum atomic E-state index is 12.9.